The minimum Gasteiger partial charge on any atom is -0.462 e. The number of hydrogen-bond donors (Lipinski definition) is 0. The van der Waals surface area contributed by atoms with Gasteiger partial charge in [-0.25, -0.2) is 0 Å². The molecule has 0 bridgehead atoms. The zero-order valence-corrected chi connectivity index (χ0v) is 40.9. The van der Waals surface area contributed by atoms with Gasteiger partial charge in [-0.15, -0.1) is 0 Å². The highest BCUT2D eigenvalue weighted by atomic mass is 16.6. The van der Waals surface area contributed by atoms with Crippen molar-refractivity contribution in [2.45, 2.75) is 264 Å². The van der Waals surface area contributed by atoms with Crippen molar-refractivity contribution in [1.29, 1.82) is 0 Å². The average Bonchev–Trinajstić information content (AvgIpc) is 3.27. The first kappa shape index (κ1) is 59.1. The number of carbonyl (C=O) groups excluding carboxylic acids is 3. The molecule has 6 heteroatoms. The lowest BCUT2D eigenvalue weighted by Gasteiger charge is -2.18. The van der Waals surface area contributed by atoms with Gasteiger partial charge in [-0.1, -0.05) is 216 Å². The van der Waals surface area contributed by atoms with Crippen LogP contribution in [0, 0.1) is 0 Å². The molecule has 0 N–H and O–H groups in total. The number of unbranched alkanes of at least 4 members (excludes halogenated alkanes) is 26. The summed E-state index contributed by atoms with van der Waals surface area (Å²) in [5.41, 5.74) is 0. The van der Waals surface area contributed by atoms with E-state index in [-0.39, 0.29) is 31.1 Å². The van der Waals surface area contributed by atoms with Crippen LogP contribution in [0.25, 0.3) is 0 Å². The van der Waals surface area contributed by atoms with Crippen molar-refractivity contribution in [2.24, 2.45) is 0 Å². The van der Waals surface area contributed by atoms with Gasteiger partial charge in [0.15, 0.2) is 6.10 Å². The Hall–Kier alpha value is -2.89. The lowest BCUT2D eigenvalue weighted by Crippen LogP contribution is -2.30. The SMILES string of the molecule is CC/C=C\C/C=C\C/C=C\CCCCCC(=O)OC(COC(=O)CCCCCCCCCCCC)COC(=O)CCCCCCCCCCC/C=C\C/C=C\CCCCCCC. The van der Waals surface area contributed by atoms with E-state index in [1.165, 1.54) is 128 Å². The zero-order valence-electron chi connectivity index (χ0n) is 40.9. The van der Waals surface area contributed by atoms with E-state index in [2.05, 4.69) is 81.5 Å². The van der Waals surface area contributed by atoms with Crippen molar-refractivity contribution in [3.05, 3.63) is 60.8 Å². The molecule has 0 aliphatic rings. The molecule has 0 aliphatic carbocycles. The maximum atomic E-state index is 12.8. The van der Waals surface area contributed by atoms with Crippen LogP contribution in [0.4, 0.5) is 0 Å². The van der Waals surface area contributed by atoms with Crippen LogP contribution in [0.1, 0.15) is 258 Å². The van der Waals surface area contributed by atoms with Gasteiger partial charge < -0.3 is 14.2 Å². The minimum atomic E-state index is -0.788. The Morgan fingerprint density at radius 2 is 0.629 bits per heavy atom. The van der Waals surface area contributed by atoms with Crippen molar-refractivity contribution < 1.29 is 28.6 Å². The lowest BCUT2D eigenvalue weighted by molar-refractivity contribution is -0.167. The van der Waals surface area contributed by atoms with Crippen LogP contribution in [0.2, 0.25) is 0 Å². The van der Waals surface area contributed by atoms with Crippen LogP contribution in [0.3, 0.4) is 0 Å². The van der Waals surface area contributed by atoms with Gasteiger partial charge in [0.05, 0.1) is 0 Å². The van der Waals surface area contributed by atoms with Crippen LogP contribution in [0.5, 0.6) is 0 Å². The second kappa shape index (κ2) is 50.8. The molecule has 0 fully saturated rings. The van der Waals surface area contributed by atoms with Crippen LogP contribution in [-0.4, -0.2) is 37.2 Å². The van der Waals surface area contributed by atoms with E-state index in [4.69, 9.17) is 14.2 Å². The van der Waals surface area contributed by atoms with E-state index in [9.17, 15) is 14.4 Å². The molecule has 0 saturated carbocycles. The topological polar surface area (TPSA) is 78.9 Å². The van der Waals surface area contributed by atoms with Gasteiger partial charge in [0.25, 0.3) is 0 Å². The summed E-state index contributed by atoms with van der Waals surface area (Å²) in [7, 11) is 0. The van der Waals surface area contributed by atoms with Gasteiger partial charge >= 0.3 is 17.9 Å². The summed E-state index contributed by atoms with van der Waals surface area (Å²) in [4.78, 5) is 37.9. The third-order valence-electron chi connectivity index (χ3n) is 11.3. The van der Waals surface area contributed by atoms with Crippen LogP contribution < -0.4 is 0 Å². The fourth-order valence-corrected chi connectivity index (χ4v) is 7.31. The van der Waals surface area contributed by atoms with Crippen molar-refractivity contribution in [2.75, 3.05) is 13.2 Å². The molecule has 1 atom stereocenters. The maximum absolute atomic E-state index is 12.8. The molecule has 0 aliphatic heterocycles. The Morgan fingerprint density at radius 1 is 0.339 bits per heavy atom. The number of carbonyl (C=O) groups is 3. The van der Waals surface area contributed by atoms with Crippen molar-refractivity contribution >= 4 is 17.9 Å². The molecule has 358 valence electrons. The van der Waals surface area contributed by atoms with Crippen molar-refractivity contribution in [3.8, 4) is 0 Å². The number of allylic oxidation sites excluding steroid dienone is 10. The fourth-order valence-electron chi connectivity index (χ4n) is 7.31. The summed E-state index contributed by atoms with van der Waals surface area (Å²) in [6.45, 7) is 6.48. The molecular formula is C56H98O6. The minimum absolute atomic E-state index is 0.0859. The Balaban J connectivity index is 4.31. The molecule has 62 heavy (non-hydrogen) atoms. The summed E-state index contributed by atoms with van der Waals surface area (Å²) in [5.74, 6) is -0.917. The summed E-state index contributed by atoms with van der Waals surface area (Å²) < 4.78 is 16.7. The first-order valence-electron chi connectivity index (χ1n) is 26.3. The van der Waals surface area contributed by atoms with Gasteiger partial charge in [-0.3, -0.25) is 14.4 Å². The smallest absolute Gasteiger partial charge is 0.306 e. The van der Waals surface area contributed by atoms with Crippen molar-refractivity contribution in [3.63, 3.8) is 0 Å². The first-order chi connectivity index (χ1) is 30.5. The molecule has 0 heterocycles. The largest absolute Gasteiger partial charge is 0.462 e. The number of esters is 3. The second-order valence-corrected chi connectivity index (χ2v) is 17.4. The monoisotopic (exact) mass is 867 g/mol. The number of hydrogen-bond acceptors (Lipinski definition) is 6. The Morgan fingerprint density at radius 3 is 1.00 bits per heavy atom. The molecule has 0 radical (unpaired) electrons. The number of ether oxygens (including phenoxy) is 3. The Kier molecular flexibility index (Phi) is 48.4. The molecule has 0 aromatic carbocycles. The highest BCUT2D eigenvalue weighted by Gasteiger charge is 2.19. The molecule has 1 unspecified atom stereocenters. The van der Waals surface area contributed by atoms with Crippen molar-refractivity contribution in [1.82, 2.24) is 0 Å². The third-order valence-corrected chi connectivity index (χ3v) is 11.3. The first-order valence-corrected chi connectivity index (χ1v) is 26.3. The van der Waals surface area contributed by atoms with Crippen LogP contribution >= 0.6 is 0 Å². The molecule has 6 nitrogen and oxygen atoms in total. The van der Waals surface area contributed by atoms with Gasteiger partial charge in [0.1, 0.15) is 13.2 Å². The molecule has 0 aromatic heterocycles. The highest BCUT2D eigenvalue weighted by Crippen LogP contribution is 2.15. The van der Waals surface area contributed by atoms with E-state index < -0.39 is 6.10 Å². The summed E-state index contributed by atoms with van der Waals surface area (Å²) in [6, 6.07) is 0. The second-order valence-electron chi connectivity index (χ2n) is 17.4. The fraction of sp³-hybridized carbons (Fsp3) is 0.768. The van der Waals surface area contributed by atoms with Gasteiger partial charge in [-0.2, -0.15) is 0 Å². The molecule has 0 amide bonds. The quantitative estimate of drug-likeness (QED) is 0.0262. The maximum Gasteiger partial charge on any atom is 0.306 e. The van der Waals surface area contributed by atoms with E-state index in [0.717, 1.165) is 89.9 Å². The van der Waals surface area contributed by atoms with Gasteiger partial charge in [0, 0.05) is 19.3 Å². The Bertz CT molecular complexity index is 1130. The van der Waals surface area contributed by atoms with E-state index >= 15 is 0 Å². The highest BCUT2D eigenvalue weighted by molar-refractivity contribution is 5.71. The predicted molar refractivity (Wildman–Crippen MR) is 265 cm³/mol. The van der Waals surface area contributed by atoms with Crippen LogP contribution in [-0.2, 0) is 28.6 Å². The molecule has 0 rings (SSSR count). The lowest BCUT2D eigenvalue weighted by atomic mass is 10.1. The van der Waals surface area contributed by atoms with E-state index in [1.54, 1.807) is 0 Å². The standard InChI is InChI=1S/C56H98O6/c1-4-7-10-13-16-19-22-24-25-26-27-28-29-30-31-33-34-37-40-43-46-49-55(58)61-52-53(51-60-54(57)48-45-42-39-36-21-18-15-12-9-6-3)62-56(59)50-47-44-41-38-35-32-23-20-17-14-11-8-5-2/h8,11,17,20,22,24,26-27,32,35,53H,4-7,9-10,12-16,18-19,21,23,25,28-31,33-34,36-52H2,1-3H3/b11-8-,20-17-,24-22-,27-26-,35-32-. The average molecular weight is 867 g/mol. The van der Waals surface area contributed by atoms with E-state index in [1.807, 2.05) is 0 Å². The summed E-state index contributed by atoms with van der Waals surface area (Å²) in [5, 5.41) is 0. The van der Waals surface area contributed by atoms with E-state index in [0.29, 0.717) is 19.3 Å². The van der Waals surface area contributed by atoms with Gasteiger partial charge in [-0.05, 0) is 83.5 Å². The summed E-state index contributed by atoms with van der Waals surface area (Å²) in [6.07, 6.45) is 62.1. The Labute approximate surface area is 383 Å². The molecule has 0 spiro atoms. The normalized spacial score (nSPS) is 12.5. The molecule has 0 saturated heterocycles. The molecule has 0 aromatic rings. The van der Waals surface area contributed by atoms with Gasteiger partial charge in [0.2, 0.25) is 0 Å². The van der Waals surface area contributed by atoms with Crippen LogP contribution in [0.15, 0.2) is 60.8 Å². The molecular weight excluding hydrogens is 769 g/mol. The third kappa shape index (κ3) is 48.1. The summed E-state index contributed by atoms with van der Waals surface area (Å²) >= 11 is 0. The predicted octanol–water partition coefficient (Wildman–Crippen LogP) is 17.3. The number of rotatable bonds is 47. The zero-order chi connectivity index (χ0) is 45.1.